The Bertz CT molecular complexity index is 1200. The van der Waals surface area contributed by atoms with Gasteiger partial charge < -0.3 is 15.2 Å². The number of rotatable bonds is 11. The van der Waals surface area contributed by atoms with E-state index in [0.717, 1.165) is 23.1 Å². The van der Waals surface area contributed by atoms with Crippen molar-refractivity contribution in [3.8, 4) is 5.75 Å². The van der Waals surface area contributed by atoms with Gasteiger partial charge in [-0.05, 0) is 67.5 Å². The van der Waals surface area contributed by atoms with Crippen molar-refractivity contribution in [2.24, 2.45) is 5.92 Å². The van der Waals surface area contributed by atoms with Gasteiger partial charge in [-0.3, -0.25) is 9.59 Å². The van der Waals surface area contributed by atoms with E-state index in [1.54, 1.807) is 36.4 Å². The number of benzene rings is 3. The van der Waals surface area contributed by atoms with Crippen molar-refractivity contribution >= 4 is 11.9 Å². The van der Waals surface area contributed by atoms with Crippen molar-refractivity contribution in [1.82, 2.24) is 5.32 Å². The summed E-state index contributed by atoms with van der Waals surface area (Å²) in [7, 11) is 0. The zero-order chi connectivity index (χ0) is 26.2. The summed E-state index contributed by atoms with van der Waals surface area (Å²) >= 11 is 0. The third kappa shape index (κ3) is 7.67. The first-order valence-electron chi connectivity index (χ1n) is 12.2. The van der Waals surface area contributed by atoms with Gasteiger partial charge in [-0.2, -0.15) is 0 Å². The van der Waals surface area contributed by atoms with Crippen LogP contribution in [0.1, 0.15) is 70.9 Å². The summed E-state index contributed by atoms with van der Waals surface area (Å²) in [6, 6.07) is 17.5. The first kappa shape index (κ1) is 26.9. The van der Waals surface area contributed by atoms with Crippen molar-refractivity contribution in [1.29, 1.82) is 0 Å². The van der Waals surface area contributed by atoms with E-state index in [9.17, 15) is 19.1 Å². The molecule has 6 heteroatoms. The van der Waals surface area contributed by atoms with Crippen molar-refractivity contribution in [3.63, 3.8) is 0 Å². The minimum Gasteiger partial charge on any atom is -0.486 e. The molecule has 0 aliphatic heterocycles. The number of carboxylic acid groups (broad SMARTS) is 1. The predicted octanol–water partition coefficient (Wildman–Crippen LogP) is 6.56. The molecular formula is C30H34FNO4. The molecule has 0 bridgehead atoms. The number of carbonyl (C=O) groups excluding carboxylic acids is 1. The summed E-state index contributed by atoms with van der Waals surface area (Å²) in [5.41, 5.74) is 5.04. The number of nitrogens with one attached hydrogen (secondary N) is 1. The maximum Gasteiger partial charge on any atom is 0.303 e. The molecule has 3 aromatic rings. The predicted molar refractivity (Wildman–Crippen MR) is 139 cm³/mol. The van der Waals surface area contributed by atoms with E-state index < -0.39 is 11.8 Å². The van der Waals surface area contributed by atoms with Crippen LogP contribution in [0.15, 0.2) is 60.7 Å². The average Bonchev–Trinajstić information content (AvgIpc) is 2.81. The fraction of sp³-hybridized carbons (Fsp3) is 0.333. The molecule has 0 fully saturated rings. The molecule has 36 heavy (non-hydrogen) atoms. The summed E-state index contributed by atoms with van der Waals surface area (Å²) in [4.78, 5) is 24.8. The lowest BCUT2D eigenvalue weighted by atomic mass is 9.93. The van der Waals surface area contributed by atoms with E-state index in [2.05, 4.69) is 37.4 Å². The van der Waals surface area contributed by atoms with Gasteiger partial charge in [-0.15, -0.1) is 0 Å². The highest BCUT2D eigenvalue weighted by molar-refractivity contribution is 5.96. The Balaban J connectivity index is 1.89. The van der Waals surface area contributed by atoms with Crippen molar-refractivity contribution < 1.29 is 23.8 Å². The molecule has 2 N–H and O–H groups in total. The maximum atomic E-state index is 14.0. The molecule has 1 unspecified atom stereocenters. The summed E-state index contributed by atoms with van der Waals surface area (Å²) in [6.45, 7) is 8.37. The van der Waals surface area contributed by atoms with Crippen LogP contribution in [0.5, 0.6) is 5.75 Å². The largest absolute Gasteiger partial charge is 0.486 e. The number of aryl methyl sites for hydroxylation is 3. The minimum absolute atomic E-state index is 0.0763. The van der Waals surface area contributed by atoms with Crippen LogP contribution in [0, 0.1) is 25.6 Å². The maximum absolute atomic E-state index is 14.0. The Morgan fingerprint density at radius 1 is 1.00 bits per heavy atom. The number of hydrogen-bond acceptors (Lipinski definition) is 3. The van der Waals surface area contributed by atoms with E-state index >= 15 is 0 Å². The number of amides is 1. The molecule has 5 nitrogen and oxygen atoms in total. The minimum atomic E-state index is -0.929. The van der Waals surface area contributed by atoms with Crippen LogP contribution in [0.25, 0.3) is 0 Å². The first-order chi connectivity index (χ1) is 17.1. The number of carbonyl (C=O) groups is 2. The van der Waals surface area contributed by atoms with E-state index in [1.807, 2.05) is 13.8 Å². The fourth-order valence-electron chi connectivity index (χ4n) is 4.30. The van der Waals surface area contributed by atoms with Crippen LogP contribution in [0.2, 0.25) is 0 Å². The number of carboxylic acids is 1. The molecule has 3 rings (SSSR count). The van der Waals surface area contributed by atoms with E-state index in [4.69, 9.17) is 4.74 Å². The van der Waals surface area contributed by atoms with E-state index in [1.165, 1.54) is 6.07 Å². The Kier molecular flexibility index (Phi) is 9.23. The highest BCUT2D eigenvalue weighted by Crippen LogP contribution is 2.25. The lowest BCUT2D eigenvalue weighted by molar-refractivity contribution is -0.136. The molecule has 3 aromatic carbocycles. The molecule has 0 heterocycles. The molecule has 0 radical (unpaired) electrons. The molecule has 0 saturated carbocycles. The van der Waals surface area contributed by atoms with Gasteiger partial charge in [-0.25, -0.2) is 4.39 Å². The van der Waals surface area contributed by atoms with Crippen molar-refractivity contribution in [2.75, 3.05) is 0 Å². The quantitative estimate of drug-likeness (QED) is 0.319. The first-order valence-corrected chi connectivity index (χ1v) is 12.2. The Labute approximate surface area is 212 Å². The Morgan fingerprint density at radius 2 is 1.69 bits per heavy atom. The summed E-state index contributed by atoms with van der Waals surface area (Å²) in [5, 5.41) is 12.4. The molecule has 1 atom stereocenters. The third-order valence-electron chi connectivity index (χ3n) is 5.92. The van der Waals surface area contributed by atoms with Crippen LogP contribution < -0.4 is 10.1 Å². The number of ether oxygens (including phenoxy) is 1. The average molecular weight is 492 g/mol. The monoisotopic (exact) mass is 491 g/mol. The second-order valence-corrected chi connectivity index (χ2v) is 9.68. The highest BCUT2D eigenvalue weighted by atomic mass is 19.1. The summed E-state index contributed by atoms with van der Waals surface area (Å²) in [5.74, 6) is -1.18. The highest BCUT2D eigenvalue weighted by Gasteiger charge is 2.21. The molecule has 0 aliphatic carbocycles. The van der Waals surface area contributed by atoms with Crippen LogP contribution >= 0.6 is 0 Å². The smallest absolute Gasteiger partial charge is 0.303 e. The summed E-state index contributed by atoms with van der Waals surface area (Å²) < 4.78 is 19.6. The molecule has 0 aliphatic rings. The van der Waals surface area contributed by atoms with E-state index in [0.29, 0.717) is 22.6 Å². The van der Waals surface area contributed by atoms with Crippen molar-refractivity contribution in [3.05, 3.63) is 99.9 Å². The zero-order valence-corrected chi connectivity index (χ0v) is 21.3. The lowest BCUT2D eigenvalue weighted by Gasteiger charge is -2.23. The van der Waals surface area contributed by atoms with Gasteiger partial charge in [0.05, 0.1) is 6.04 Å². The molecule has 190 valence electrons. The third-order valence-corrected chi connectivity index (χ3v) is 5.92. The lowest BCUT2D eigenvalue weighted by Crippen LogP contribution is -2.30. The number of aliphatic carboxylic acids is 1. The van der Waals surface area contributed by atoms with Gasteiger partial charge in [0.2, 0.25) is 0 Å². The number of para-hydroxylation sites is 1. The SMILES string of the molecule is Cc1cc(C)cc(C(CC(C)C)NC(=O)c2cc(COc3ccccc3F)ccc2CCC(=O)O)c1. The van der Waals surface area contributed by atoms with Crippen LogP contribution in [-0.4, -0.2) is 17.0 Å². The number of hydrogen-bond donors (Lipinski definition) is 2. The normalized spacial score (nSPS) is 11.8. The second kappa shape index (κ2) is 12.3. The van der Waals surface area contributed by atoms with Gasteiger partial charge in [0.15, 0.2) is 11.6 Å². The van der Waals surface area contributed by atoms with Gasteiger partial charge in [0.1, 0.15) is 6.61 Å². The standard InChI is InChI=1S/C30H34FNO4/c1-19(2)13-27(24-15-20(3)14-21(4)16-24)32-30(35)25-17-22(9-10-23(25)11-12-29(33)34)18-36-28-8-6-5-7-26(28)31/h5-10,14-17,19,27H,11-13,18H2,1-4H3,(H,32,35)(H,33,34). The topological polar surface area (TPSA) is 75.6 Å². The van der Waals surface area contributed by atoms with Gasteiger partial charge in [-0.1, -0.05) is 67.4 Å². The van der Waals surface area contributed by atoms with Gasteiger partial charge in [0.25, 0.3) is 5.91 Å². The van der Waals surface area contributed by atoms with Crippen LogP contribution in [0.4, 0.5) is 4.39 Å². The van der Waals surface area contributed by atoms with Gasteiger partial charge >= 0.3 is 5.97 Å². The molecule has 0 saturated heterocycles. The molecular weight excluding hydrogens is 457 g/mol. The van der Waals surface area contributed by atoms with Crippen LogP contribution in [0.3, 0.4) is 0 Å². The van der Waals surface area contributed by atoms with E-state index in [-0.39, 0.29) is 37.1 Å². The zero-order valence-electron chi connectivity index (χ0n) is 21.3. The number of halogens is 1. The molecule has 1 amide bonds. The summed E-state index contributed by atoms with van der Waals surface area (Å²) in [6.07, 6.45) is 0.901. The van der Waals surface area contributed by atoms with Crippen LogP contribution in [-0.2, 0) is 17.8 Å². The van der Waals surface area contributed by atoms with Gasteiger partial charge in [0, 0.05) is 12.0 Å². The fourth-order valence-corrected chi connectivity index (χ4v) is 4.30. The molecule has 0 aromatic heterocycles. The Morgan fingerprint density at radius 3 is 2.33 bits per heavy atom. The van der Waals surface area contributed by atoms with Crippen molar-refractivity contribution in [2.45, 2.75) is 59.6 Å². The second-order valence-electron chi connectivity index (χ2n) is 9.68. The molecule has 0 spiro atoms. The Hall–Kier alpha value is -3.67.